The molecule has 6 heteroatoms. The average molecular weight is 392 g/mol. The molecule has 1 unspecified atom stereocenters. The number of likely N-dealkylation sites (tertiary alicyclic amines) is 1. The van der Waals surface area contributed by atoms with Crippen LogP contribution < -0.4 is 15.2 Å². The Hall–Kier alpha value is -1.82. The summed E-state index contributed by atoms with van der Waals surface area (Å²) in [5.74, 6) is 1.53. The van der Waals surface area contributed by atoms with Crippen molar-refractivity contribution in [1.82, 2.24) is 9.88 Å². The van der Waals surface area contributed by atoms with Crippen molar-refractivity contribution in [3.8, 4) is 11.5 Å². The fourth-order valence-corrected chi connectivity index (χ4v) is 3.45. The summed E-state index contributed by atoms with van der Waals surface area (Å²) >= 11 is 0. The molecule has 2 N–H and O–H groups in total. The normalized spacial score (nSPS) is 19.2. The Balaban J connectivity index is 0.00000261. The first-order valence-electron chi connectivity index (χ1n) is 9.14. The standard InChI is InChI=1S/C21H29N3O2.ClH/c1-21(2)15-24(11-8-20(21)22)13-17-4-5-18(19(12-17)25-3)26-14-16-6-9-23-10-7-16;/h4-7,9-10,12,20H,8,11,13-15,22H2,1-3H3;1H. The Bertz CT molecular complexity index is 725. The molecular formula is C21H30ClN3O2. The fraction of sp³-hybridized carbons (Fsp3) is 0.476. The highest BCUT2D eigenvalue weighted by Gasteiger charge is 2.33. The minimum absolute atomic E-state index is 0. The first-order chi connectivity index (χ1) is 12.5. The van der Waals surface area contributed by atoms with Gasteiger partial charge in [-0.2, -0.15) is 0 Å². The minimum atomic E-state index is 0. The van der Waals surface area contributed by atoms with Crippen molar-refractivity contribution in [1.29, 1.82) is 0 Å². The van der Waals surface area contributed by atoms with Crippen LogP contribution in [0.25, 0.3) is 0 Å². The van der Waals surface area contributed by atoms with E-state index < -0.39 is 0 Å². The van der Waals surface area contributed by atoms with Crippen LogP contribution in [0.4, 0.5) is 0 Å². The molecule has 1 aliphatic rings. The molecule has 2 heterocycles. The Morgan fingerprint density at radius 3 is 2.56 bits per heavy atom. The molecule has 148 valence electrons. The number of hydrogen-bond donors (Lipinski definition) is 1. The molecule has 1 saturated heterocycles. The van der Waals surface area contributed by atoms with Gasteiger partial charge in [0.05, 0.1) is 7.11 Å². The van der Waals surface area contributed by atoms with Crippen molar-refractivity contribution in [2.24, 2.45) is 11.1 Å². The fourth-order valence-electron chi connectivity index (χ4n) is 3.45. The Labute approximate surface area is 168 Å². The smallest absolute Gasteiger partial charge is 0.161 e. The number of aromatic nitrogens is 1. The van der Waals surface area contributed by atoms with Gasteiger partial charge in [-0.1, -0.05) is 19.9 Å². The summed E-state index contributed by atoms with van der Waals surface area (Å²) in [6, 6.07) is 10.4. The summed E-state index contributed by atoms with van der Waals surface area (Å²) in [6.07, 6.45) is 4.58. The zero-order valence-corrected chi connectivity index (χ0v) is 17.2. The van der Waals surface area contributed by atoms with Gasteiger partial charge in [0.1, 0.15) is 6.61 Å². The van der Waals surface area contributed by atoms with Gasteiger partial charge in [0.2, 0.25) is 0 Å². The quantitative estimate of drug-likeness (QED) is 0.814. The van der Waals surface area contributed by atoms with Crippen LogP contribution in [0.1, 0.15) is 31.4 Å². The van der Waals surface area contributed by atoms with Gasteiger partial charge in [-0.05, 0) is 47.2 Å². The van der Waals surface area contributed by atoms with Crippen molar-refractivity contribution in [2.75, 3.05) is 20.2 Å². The number of pyridine rings is 1. The molecule has 0 radical (unpaired) electrons. The van der Waals surface area contributed by atoms with E-state index in [1.165, 1.54) is 5.56 Å². The van der Waals surface area contributed by atoms with Crippen LogP contribution in [0.2, 0.25) is 0 Å². The molecule has 1 aromatic heterocycles. The maximum Gasteiger partial charge on any atom is 0.161 e. The van der Waals surface area contributed by atoms with Crippen LogP contribution in [0, 0.1) is 5.41 Å². The number of methoxy groups -OCH3 is 1. The third-order valence-corrected chi connectivity index (χ3v) is 5.17. The highest BCUT2D eigenvalue weighted by atomic mass is 35.5. The van der Waals surface area contributed by atoms with Crippen LogP contribution in [-0.4, -0.2) is 36.1 Å². The van der Waals surface area contributed by atoms with Gasteiger partial charge in [-0.15, -0.1) is 12.4 Å². The number of nitrogens with zero attached hydrogens (tertiary/aromatic N) is 2. The molecule has 1 aliphatic heterocycles. The lowest BCUT2D eigenvalue weighted by atomic mass is 9.79. The van der Waals surface area contributed by atoms with Gasteiger partial charge in [0, 0.05) is 38.1 Å². The lowest BCUT2D eigenvalue weighted by Gasteiger charge is -2.42. The first kappa shape index (κ1) is 21.5. The third kappa shape index (κ3) is 5.58. The van der Waals surface area contributed by atoms with E-state index in [1.807, 2.05) is 18.2 Å². The largest absolute Gasteiger partial charge is 0.493 e. The van der Waals surface area contributed by atoms with Crippen LogP contribution in [-0.2, 0) is 13.2 Å². The van der Waals surface area contributed by atoms with E-state index in [1.54, 1.807) is 19.5 Å². The summed E-state index contributed by atoms with van der Waals surface area (Å²) in [6.45, 7) is 7.94. The van der Waals surface area contributed by atoms with E-state index in [9.17, 15) is 0 Å². The van der Waals surface area contributed by atoms with E-state index in [-0.39, 0.29) is 23.9 Å². The molecule has 2 aromatic rings. The van der Waals surface area contributed by atoms with Crippen molar-refractivity contribution in [2.45, 2.75) is 39.5 Å². The summed E-state index contributed by atoms with van der Waals surface area (Å²) in [5, 5.41) is 0. The van der Waals surface area contributed by atoms with Crippen LogP contribution in [0.3, 0.4) is 0 Å². The Morgan fingerprint density at radius 1 is 1.15 bits per heavy atom. The lowest BCUT2D eigenvalue weighted by molar-refractivity contribution is 0.0898. The SMILES string of the molecule is COc1cc(CN2CCC(N)C(C)(C)C2)ccc1OCc1ccncc1.Cl. The van der Waals surface area contributed by atoms with E-state index in [0.29, 0.717) is 6.61 Å². The monoisotopic (exact) mass is 391 g/mol. The third-order valence-electron chi connectivity index (χ3n) is 5.17. The van der Waals surface area contributed by atoms with Gasteiger partial charge in [0.25, 0.3) is 0 Å². The molecule has 5 nitrogen and oxygen atoms in total. The molecular weight excluding hydrogens is 362 g/mol. The van der Waals surface area contributed by atoms with Crippen molar-refractivity contribution >= 4 is 12.4 Å². The summed E-state index contributed by atoms with van der Waals surface area (Å²) < 4.78 is 11.5. The van der Waals surface area contributed by atoms with Crippen LogP contribution in [0.5, 0.6) is 11.5 Å². The number of nitrogens with two attached hydrogens (primary N) is 1. The Kier molecular flexibility index (Phi) is 7.48. The second-order valence-corrected chi connectivity index (χ2v) is 7.72. The number of benzene rings is 1. The lowest BCUT2D eigenvalue weighted by Crippen LogP contribution is -2.52. The second kappa shape index (κ2) is 9.40. The van der Waals surface area contributed by atoms with Crippen molar-refractivity contribution < 1.29 is 9.47 Å². The molecule has 0 bridgehead atoms. The number of rotatable bonds is 6. The maximum atomic E-state index is 6.25. The molecule has 27 heavy (non-hydrogen) atoms. The summed E-state index contributed by atoms with van der Waals surface area (Å²) in [5.41, 5.74) is 8.70. The van der Waals surface area contributed by atoms with Gasteiger partial charge in [-0.25, -0.2) is 0 Å². The molecule has 0 amide bonds. The highest BCUT2D eigenvalue weighted by molar-refractivity contribution is 5.85. The first-order valence-corrected chi connectivity index (χ1v) is 9.14. The molecule has 0 spiro atoms. The van der Waals surface area contributed by atoms with Crippen LogP contribution in [0.15, 0.2) is 42.7 Å². The van der Waals surface area contributed by atoms with Gasteiger partial charge in [0.15, 0.2) is 11.5 Å². The van der Waals surface area contributed by atoms with Gasteiger partial charge < -0.3 is 15.2 Å². The molecule has 1 fully saturated rings. The number of piperidine rings is 1. The molecule has 1 atom stereocenters. The predicted octanol–water partition coefficient (Wildman–Crippen LogP) is 3.65. The van der Waals surface area contributed by atoms with E-state index in [2.05, 4.69) is 35.9 Å². The minimum Gasteiger partial charge on any atom is -0.493 e. The average Bonchev–Trinajstić information content (AvgIpc) is 2.64. The van der Waals surface area contributed by atoms with Crippen molar-refractivity contribution in [3.05, 3.63) is 53.9 Å². The van der Waals surface area contributed by atoms with E-state index >= 15 is 0 Å². The Morgan fingerprint density at radius 2 is 1.89 bits per heavy atom. The zero-order valence-electron chi connectivity index (χ0n) is 16.4. The molecule has 0 saturated carbocycles. The maximum absolute atomic E-state index is 6.25. The predicted molar refractivity (Wildman–Crippen MR) is 110 cm³/mol. The van der Waals surface area contributed by atoms with Crippen molar-refractivity contribution in [3.63, 3.8) is 0 Å². The second-order valence-electron chi connectivity index (χ2n) is 7.72. The zero-order chi connectivity index (χ0) is 18.6. The topological polar surface area (TPSA) is 60.6 Å². The van der Waals surface area contributed by atoms with E-state index in [0.717, 1.165) is 43.1 Å². The number of halogens is 1. The van der Waals surface area contributed by atoms with Crippen LogP contribution >= 0.6 is 12.4 Å². The molecule has 1 aromatic carbocycles. The summed E-state index contributed by atoms with van der Waals surface area (Å²) in [4.78, 5) is 6.49. The van der Waals surface area contributed by atoms with E-state index in [4.69, 9.17) is 15.2 Å². The molecule has 0 aliphatic carbocycles. The summed E-state index contributed by atoms with van der Waals surface area (Å²) in [7, 11) is 1.68. The van der Waals surface area contributed by atoms with Gasteiger partial charge in [-0.3, -0.25) is 9.88 Å². The highest BCUT2D eigenvalue weighted by Crippen LogP contribution is 2.32. The van der Waals surface area contributed by atoms with Gasteiger partial charge >= 0.3 is 0 Å². The number of hydrogen-bond acceptors (Lipinski definition) is 5. The number of ether oxygens (including phenoxy) is 2. The molecule has 3 rings (SSSR count).